The summed E-state index contributed by atoms with van der Waals surface area (Å²) in [5.74, 6) is -0.599. The quantitative estimate of drug-likeness (QED) is 0.457. The van der Waals surface area contributed by atoms with Crippen molar-refractivity contribution < 1.29 is 24.2 Å². The molecule has 0 aliphatic rings. The molecular weight excluding hydrogens is 470 g/mol. The molecule has 0 saturated heterocycles. The number of alkyl carbamates (subject to hydrolysis) is 1. The number of phenols is 1. The van der Waals surface area contributed by atoms with Crippen molar-refractivity contribution in [2.75, 3.05) is 6.54 Å². The Hall–Kier alpha value is -3.55. The first-order valence-electron chi connectivity index (χ1n) is 12.7. The van der Waals surface area contributed by atoms with Crippen LogP contribution in [0.1, 0.15) is 69.8 Å². The number of rotatable bonds is 9. The van der Waals surface area contributed by atoms with Crippen molar-refractivity contribution in [2.24, 2.45) is 0 Å². The Bertz CT molecular complexity index is 1070. The topological polar surface area (TPSA) is 108 Å². The number of benzene rings is 2. The van der Waals surface area contributed by atoms with E-state index < -0.39 is 29.7 Å². The number of nitrogens with one attached hydrogen (secondary N) is 2. The summed E-state index contributed by atoms with van der Waals surface area (Å²) in [5, 5.41) is 15.4. The van der Waals surface area contributed by atoms with Gasteiger partial charge in [0, 0.05) is 19.0 Å². The van der Waals surface area contributed by atoms with Gasteiger partial charge in [-0.3, -0.25) is 9.59 Å². The monoisotopic (exact) mass is 511 g/mol. The largest absolute Gasteiger partial charge is 0.508 e. The summed E-state index contributed by atoms with van der Waals surface area (Å²) in [6.07, 6.45) is -0.573. The van der Waals surface area contributed by atoms with Crippen LogP contribution in [0.2, 0.25) is 0 Å². The molecule has 37 heavy (non-hydrogen) atoms. The summed E-state index contributed by atoms with van der Waals surface area (Å²) in [5.41, 5.74) is 2.53. The van der Waals surface area contributed by atoms with Gasteiger partial charge in [0.1, 0.15) is 23.4 Å². The molecule has 2 unspecified atom stereocenters. The third kappa shape index (κ3) is 8.51. The van der Waals surface area contributed by atoms with Crippen molar-refractivity contribution in [3.63, 3.8) is 0 Å². The zero-order valence-electron chi connectivity index (χ0n) is 23.2. The minimum absolute atomic E-state index is 0.0994. The Morgan fingerprint density at radius 3 is 2.03 bits per heavy atom. The fourth-order valence-electron chi connectivity index (χ4n) is 4.23. The number of phenolic OH excluding ortho intramolecular Hbond substituents is 1. The highest BCUT2D eigenvalue weighted by molar-refractivity contribution is 5.92. The molecule has 0 aliphatic carbocycles. The maximum atomic E-state index is 14.1. The molecule has 2 rings (SSSR count). The maximum Gasteiger partial charge on any atom is 0.408 e. The number of hydrogen-bond donors (Lipinski definition) is 3. The number of aromatic hydroxyl groups is 1. The van der Waals surface area contributed by atoms with E-state index in [2.05, 4.69) is 10.6 Å². The average Bonchev–Trinajstić information content (AvgIpc) is 2.77. The molecule has 3 amide bonds. The number of amides is 3. The normalized spacial score (nSPS) is 13.0. The van der Waals surface area contributed by atoms with Crippen molar-refractivity contribution in [3.05, 3.63) is 64.7 Å². The van der Waals surface area contributed by atoms with Gasteiger partial charge in [-0.2, -0.15) is 0 Å². The van der Waals surface area contributed by atoms with Gasteiger partial charge in [0.05, 0.1) is 0 Å². The van der Waals surface area contributed by atoms with Gasteiger partial charge >= 0.3 is 6.09 Å². The zero-order chi connectivity index (χ0) is 27.9. The van der Waals surface area contributed by atoms with Gasteiger partial charge < -0.3 is 25.4 Å². The Labute approximate surface area is 220 Å². The van der Waals surface area contributed by atoms with Crippen LogP contribution in [-0.2, 0) is 20.7 Å². The second kappa shape index (κ2) is 12.6. The number of carbonyl (C=O) groups is 3. The highest BCUT2D eigenvalue weighted by Gasteiger charge is 2.37. The zero-order valence-corrected chi connectivity index (χ0v) is 23.2. The molecule has 8 heteroatoms. The molecule has 2 aromatic rings. The smallest absolute Gasteiger partial charge is 0.408 e. The molecule has 3 N–H and O–H groups in total. The predicted octanol–water partition coefficient (Wildman–Crippen LogP) is 4.56. The second-order valence-electron chi connectivity index (χ2n) is 10.6. The van der Waals surface area contributed by atoms with Crippen LogP contribution in [0.15, 0.2) is 42.5 Å². The minimum Gasteiger partial charge on any atom is -0.508 e. The molecule has 0 saturated carbocycles. The number of hydrogen-bond acceptors (Lipinski definition) is 5. The lowest BCUT2D eigenvalue weighted by atomic mass is 9.93. The van der Waals surface area contributed by atoms with E-state index >= 15 is 0 Å². The molecule has 2 atom stereocenters. The summed E-state index contributed by atoms with van der Waals surface area (Å²) in [4.78, 5) is 41.9. The number of aryl methyl sites for hydroxylation is 2. The molecule has 0 aliphatic heterocycles. The number of nitrogens with zero attached hydrogens (tertiary/aromatic N) is 1. The molecule has 0 heterocycles. The average molecular weight is 512 g/mol. The Kier molecular flexibility index (Phi) is 10.1. The lowest BCUT2D eigenvalue weighted by molar-refractivity contribution is -0.142. The van der Waals surface area contributed by atoms with E-state index in [1.54, 1.807) is 32.9 Å². The molecule has 8 nitrogen and oxygen atoms in total. The number of ether oxygens (including phenoxy) is 1. The van der Waals surface area contributed by atoms with Gasteiger partial charge in [-0.1, -0.05) is 30.3 Å². The molecular formula is C29H41N3O5. The first-order chi connectivity index (χ1) is 17.2. The maximum absolute atomic E-state index is 14.1. The summed E-state index contributed by atoms with van der Waals surface area (Å²) < 4.78 is 5.43. The fourth-order valence-corrected chi connectivity index (χ4v) is 4.23. The van der Waals surface area contributed by atoms with E-state index in [1.807, 2.05) is 52.8 Å². The lowest BCUT2D eigenvalue weighted by Gasteiger charge is -2.35. The SMILES string of the molecule is CCN(C(=O)C(Cc1ccc(O)cc1)NC(=O)OC(C)(C)C)C(C(=O)NC(C)C)c1c(C)cccc1C. The Morgan fingerprint density at radius 2 is 1.54 bits per heavy atom. The second-order valence-corrected chi connectivity index (χ2v) is 10.6. The summed E-state index contributed by atoms with van der Waals surface area (Å²) in [7, 11) is 0. The predicted molar refractivity (Wildman–Crippen MR) is 144 cm³/mol. The molecule has 0 fully saturated rings. The van der Waals surface area contributed by atoms with E-state index in [0.717, 1.165) is 22.3 Å². The van der Waals surface area contributed by atoms with Crippen molar-refractivity contribution in [2.45, 2.75) is 85.5 Å². The van der Waals surface area contributed by atoms with Crippen LogP contribution in [0.4, 0.5) is 4.79 Å². The van der Waals surface area contributed by atoms with Gasteiger partial charge in [0.15, 0.2) is 0 Å². The van der Waals surface area contributed by atoms with Crippen molar-refractivity contribution in [1.82, 2.24) is 15.5 Å². The van der Waals surface area contributed by atoms with Crippen molar-refractivity contribution >= 4 is 17.9 Å². The Balaban J connectivity index is 2.54. The molecule has 0 bridgehead atoms. The van der Waals surface area contributed by atoms with Crippen LogP contribution >= 0.6 is 0 Å². The molecule has 2 aromatic carbocycles. The lowest BCUT2D eigenvalue weighted by Crippen LogP contribution is -2.54. The summed E-state index contributed by atoms with van der Waals surface area (Å²) in [6.45, 7) is 14.9. The number of carbonyl (C=O) groups excluding carboxylic acids is 3. The van der Waals surface area contributed by atoms with E-state index in [4.69, 9.17) is 4.74 Å². The van der Waals surface area contributed by atoms with Crippen LogP contribution < -0.4 is 10.6 Å². The molecule has 0 spiro atoms. The van der Waals surface area contributed by atoms with Crippen molar-refractivity contribution in [1.29, 1.82) is 0 Å². The summed E-state index contributed by atoms with van der Waals surface area (Å²) >= 11 is 0. The fraction of sp³-hybridized carbons (Fsp3) is 0.483. The minimum atomic E-state index is -1.00. The third-order valence-electron chi connectivity index (χ3n) is 5.80. The van der Waals surface area contributed by atoms with E-state index in [-0.39, 0.29) is 30.7 Å². The van der Waals surface area contributed by atoms with E-state index in [0.29, 0.717) is 0 Å². The third-order valence-corrected chi connectivity index (χ3v) is 5.80. The van der Waals surface area contributed by atoms with E-state index in [9.17, 15) is 19.5 Å². The van der Waals surface area contributed by atoms with E-state index in [1.165, 1.54) is 17.0 Å². The van der Waals surface area contributed by atoms with Crippen LogP contribution in [-0.4, -0.2) is 52.1 Å². The standard InChI is InChI=1S/C29H41N3O5/c1-9-32(25(26(34)30-18(2)3)24-19(4)11-10-12-20(24)5)27(35)23(31-28(36)37-29(6,7)8)17-21-13-15-22(33)16-14-21/h10-16,18,23,25,33H,9,17H2,1-8H3,(H,30,34)(H,31,36). The van der Waals surface area contributed by atoms with Gasteiger partial charge in [-0.25, -0.2) is 4.79 Å². The molecule has 0 radical (unpaired) electrons. The van der Waals surface area contributed by atoms with Crippen LogP contribution in [0.25, 0.3) is 0 Å². The van der Waals surface area contributed by atoms with Gasteiger partial charge in [0.25, 0.3) is 0 Å². The van der Waals surface area contributed by atoms with Gasteiger partial charge in [0.2, 0.25) is 11.8 Å². The highest BCUT2D eigenvalue weighted by atomic mass is 16.6. The molecule has 202 valence electrons. The van der Waals surface area contributed by atoms with Crippen LogP contribution in [0, 0.1) is 13.8 Å². The van der Waals surface area contributed by atoms with Crippen LogP contribution in [0.5, 0.6) is 5.75 Å². The van der Waals surface area contributed by atoms with Crippen LogP contribution in [0.3, 0.4) is 0 Å². The Morgan fingerprint density at radius 1 is 0.973 bits per heavy atom. The first kappa shape index (κ1) is 29.7. The molecule has 0 aromatic heterocycles. The summed E-state index contributed by atoms with van der Waals surface area (Å²) in [6, 6.07) is 10.2. The first-order valence-corrected chi connectivity index (χ1v) is 12.7. The van der Waals surface area contributed by atoms with Gasteiger partial charge in [-0.15, -0.1) is 0 Å². The number of likely N-dealkylation sites (N-methyl/N-ethyl adjacent to an activating group) is 1. The van der Waals surface area contributed by atoms with Gasteiger partial charge in [-0.05, 0) is 89.8 Å². The van der Waals surface area contributed by atoms with Crippen molar-refractivity contribution in [3.8, 4) is 5.75 Å². The highest BCUT2D eigenvalue weighted by Crippen LogP contribution is 2.29.